The van der Waals surface area contributed by atoms with Gasteiger partial charge in [0.2, 0.25) is 0 Å². The van der Waals surface area contributed by atoms with E-state index >= 15 is 0 Å². The summed E-state index contributed by atoms with van der Waals surface area (Å²) in [7, 11) is 1.58. The molecule has 0 radical (unpaired) electrons. The number of hydrogen-bond donors (Lipinski definition) is 0. The van der Waals surface area contributed by atoms with Gasteiger partial charge >= 0.3 is 0 Å². The Bertz CT molecular complexity index is 1590. The smallest absolute Gasteiger partial charge is 0.267 e. The van der Waals surface area contributed by atoms with Crippen LogP contribution in [-0.2, 0) is 17.9 Å². The number of benzene rings is 4. The normalized spacial score (nSPS) is 15.2. The SMILES string of the molecule is COc1cccc(/C=C2/SC(=Nc3ccc(C)cc3)N(Cc3ccccc3)C2=O)c1OCc1ccc(Cl)c(Cl)c1. The first-order valence-electron chi connectivity index (χ1n) is 12.6. The zero-order valence-electron chi connectivity index (χ0n) is 21.9. The average molecular weight is 590 g/mol. The molecule has 1 heterocycles. The number of aryl methyl sites for hydroxylation is 1. The maximum atomic E-state index is 13.7. The quantitative estimate of drug-likeness (QED) is 0.193. The molecule has 0 atom stereocenters. The topological polar surface area (TPSA) is 51.1 Å². The second-order valence-electron chi connectivity index (χ2n) is 9.13. The zero-order valence-corrected chi connectivity index (χ0v) is 24.3. The maximum absolute atomic E-state index is 13.7. The number of ether oxygens (including phenoxy) is 2. The number of hydrogen-bond acceptors (Lipinski definition) is 5. The molecule has 5 rings (SSSR count). The van der Waals surface area contributed by atoms with Crippen molar-refractivity contribution in [1.29, 1.82) is 0 Å². The highest BCUT2D eigenvalue weighted by molar-refractivity contribution is 8.18. The molecule has 5 nitrogen and oxygen atoms in total. The molecule has 202 valence electrons. The molecule has 40 heavy (non-hydrogen) atoms. The van der Waals surface area contributed by atoms with Gasteiger partial charge in [0.25, 0.3) is 5.91 Å². The number of nitrogens with zero attached hydrogens (tertiary/aromatic N) is 2. The molecule has 0 unspecified atom stereocenters. The van der Waals surface area contributed by atoms with Gasteiger partial charge in [-0.15, -0.1) is 0 Å². The van der Waals surface area contributed by atoms with E-state index in [1.165, 1.54) is 11.8 Å². The van der Waals surface area contributed by atoms with Gasteiger partial charge in [0.05, 0.1) is 34.3 Å². The summed E-state index contributed by atoms with van der Waals surface area (Å²) in [5.74, 6) is 0.952. The van der Waals surface area contributed by atoms with Gasteiger partial charge < -0.3 is 9.47 Å². The van der Waals surface area contributed by atoms with Crippen LogP contribution >= 0.6 is 35.0 Å². The summed E-state index contributed by atoms with van der Waals surface area (Å²) >= 11 is 13.6. The van der Waals surface area contributed by atoms with Crippen LogP contribution in [0.25, 0.3) is 6.08 Å². The van der Waals surface area contributed by atoms with Gasteiger partial charge in [-0.3, -0.25) is 9.69 Å². The molecular weight excluding hydrogens is 563 g/mol. The van der Waals surface area contributed by atoms with E-state index in [0.29, 0.717) is 43.7 Å². The van der Waals surface area contributed by atoms with Gasteiger partial charge in [-0.25, -0.2) is 4.99 Å². The number of halogens is 2. The third-order valence-corrected chi connectivity index (χ3v) is 7.96. The first-order valence-corrected chi connectivity index (χ1v) is 14.1. The number of carbonyl (C=O) groups excluding carboxylic acids is 1. The number of amidine groups is 1. The molecule has 0 N–H and O–H groups in total. The summed E-state index contributed by atoms with van der Waals surface area (Å²) in [4.78, 5) is 20.8. The summed E-state index contributed by atoms with van der Waals surface area (Å²) in [5, 5.41) is 1.55. The Kier molecular flexibility index (Phi) is 8.80. The van der Waals surface area contributed by atoms with Crippen LogP contribution in [0.1, 0.15) is 22.3 Å². The first kappa shape index (κ1) is 27.8. The number of methoxy groups -OCH3 is 1. The number of carbonyl (C=O) groups is 1. The van der Waals surface area contributed by atoms with Gasteiger partial charge in [-0.05, 0) is 66.2 Å². The monoisotopic (exact) mass is 588 g/mol. The summed E-state index contributed by atoms with van der Waals surface area (Å²) in [6.45, 7) is 2.69. The van der Waals surface area contributed by atoms with Crippen LogP contribution in [-0.4, -0.2) is 23.1 Å². The standard InChI is InChI=1S/C32H26Cl2N2O3S/c1-21-11-14-25(15-12-21)35-32-36(19-22-7-4-3-5-8-22)31(37)29(40-32)18-24-9-6-10-28(38-2)30(24)39-20-23-13-16-26(33)27(34)17-23/h3-18H,19-20H2,1-2H3/b29-18+,35-32?. The van der Waals surface area contributed by atoms with Crippen LogP contribution in [0.3, 0.4) is 0 Å². The van der Waals surface area contributed by atoms with Crippen molar-refractivity contribution >= 4 is 57.8 Å². The molecule has 1 aliphatic rings. The summed E-state index contributed by atoms with van der Waals surface area (Å²) in [6.07, 6.45) is 1.83. The lowest BCUT2D eigenvalue weighted by atomic mass is 10.1. The largest absolute Gasteiger partial charge is 0.493 e. The van der Waals surface area contributed by atoms with Crippen molar-refractivity contribution in [2.75, 3.05) is 7.11 Å². The molecule has 1 amide bonds. The Morgan fingerprint density at radius 1 is 0.900 bits per heavy atom. The fraction of sp³-hybridized carbons (Fsp3) is 0.125. The molecule has 0 saturated carbocycles. The fourth-order valence-electron chi connectivity index (χ4n) is 4.11. The Morgan fingerprint density at radius 3 is 2.40 bits per heavy atom. The van der Waals surface area contributed by atoms with Crippen molar-refractivity contribution in [2.45, 2.75) is 20.1 Å². The van der Waals surface area contributed by atoms with Crippen LogP contribution in [0.4, 0.5) is 5.69 Å². The molecule has 4 aromatic rings. The van der Waals surface area contributed by atoms with Gasteiger partial charge in [0.15, 0.2) is 16.7 Å². The molecule has 0 aromatic heterocycles. The second-order valence-corrected chi connectivity index (χ2v) is 11.0. The number of para-hydroxylation sites is 1. The summed E-state index contributed by atoms with van der Waals surface area (Å²) < 4.78 is 11.8. The minimum Gasteiger partial charge on any atom is -0.493 e. The fourth-order valence-corrected chi connectivity index (χ4v) is 5.42. The van der Waals surface area contributed by atoms with Crippen molar-refractivity contribution in [1.82, 2.24) is 4.90 Å². The first-order chi connectivity index (χ1) is 19.4. The van der Waals surface area contributed by atoms with Crippen LogP contribution < -0.4 is 9.47 Å². The molecule has 0 spiro atoms. The predicted octanol–water partition coefficient (Wildman–Crippen LogP) is 8.69. The van der Waals surface area contributed by atoms with Crippen molar-refractivity contribution in [3.63, 3.8) is 0 Å². The van der Waals surface area contributed by atoms with Crippen LogP contribution in [0.15, 0.2) is 101 Å². The molecule has 1 aliphatic heterocycles. The molecular formula is C32H26Cl2N2O3S. The number of amides is 1. The summed E-state index contributed by atoms with van der Waals surface area (Å²) in [6, 6.07) is 28.7. The lowest BCUT2D eigenvalue weighted by Crippen LogP contribution is -2.28. The Morgan fingerprint density at radius 2 is 1.68 bits per heavy atom. The molecule has 1 saturated heterocycles. The lowest BCUT2D eigenvalue weighted by molar-refractivity contribution is -0.122. The van der Waals surface area contributed by atoms with Crippen molar-refractivity contribution in [2.24, 2.45) is 4.99 Å². The third kappa shape index (κ3) is 6.53. The number of rotatable bonds is 8. The van der Waals surface area contributed by atoms with Crippen LogP contribution in [0, 0.1) is 6.92 Å². The van der Waals surface area contributed by atoms with Gasteiger partial charge in [-0.1, -0.05) is 89.4 Å². The van der Waals surface area contributed by atoms with E-state index < -0.39 is 0 Å². The van der Waals surface area contributed by atoms with Gasteiger partial charge in [0, 0.05) is 5.56 Å². The maximum Gasteiger partial charge on any atom is 0.267 e. The van der Waals surface area contributed by atoms with Gasteiger partial charge in [0.1, 0.15) is 6.61 Å². The predicted molar refractivity (Wildman–Crippen MR) is 165 cm³/mol. The third-order valence-electron chi connectivity index (χ3n) is 6.21. The van der Waals surface area contributed by atoms with E-state index in [4.69, 9.17) is 37.7 Å². The van der Waals surface area contributed by atoms with Crippen LogP contribution in [0.2, 0.25) is 10.0 Å². The number of thioether (sulfide) groups is 1. The number of aliphatic imine (C=N–C) groups is 1. The van der Waals surface area contributed by atoms with E-state index in [2.05, 4.69) is 0 Å². The Labute approximate surface area is 248 Å². The van der Waals surface area contributed by atoms with Gasteiger partial charge in [-0.2, -0.15) is 0 Å². The van der Waals surface area contributed by atoms with Crippen molar-refractivity contribution < 1.29 is 14.3 Å². The average Bonchev–Trinajstić information content (AvgIpc) is 3.24. The highest BCUT2D eigenvalue weighted by Gasteiger charge is 2.34. The summed E-state index contributed by atoms with van der Waals surface area (Å²) in [5.41, 5.74) is 4.51. The second kappa shape index (κ2) is 12.6. The van der Waals surface area contributed by atoms with Crippen molar-refractivity contribution in [3.05, 3.63) is 128 Å². The van der Waals surface area contributed by atoms with Crippen molar-refractivity contribution in [3.8, 4) is 11.5 Å². The molecule has 4 aromatic carbocycles. The van der Waals surface area contributed by atoms with E-state index in [9.17, 15) is 4.79 Å². The molecule has 1 fully saturated rings. The molecule has 0 bridgehead atoms. The molecule has 0 aliphatic carbocycles. The Balaban J connectivity index is 1.48. The van der Waals surface area contributed by atoms with Crippen LogP contribution in [0.5, 0.6) is 11.5 Å². The minimum atomic E-state index is -0.127. The van der Waals surface area contributed by atoms with E-state index in [1.807, 2.05) is 91.9 Å². The molecule has 8 heteroatoms. The van der Waals surface area contributed by atoms with E-state index in [1.54, 1.807) is 24.1 Å². The Hall–Kier alpha value is -3.71. The highest BCUT2D eigenvalue weighted by atomic mass is 35.5. The zero-order chi connectivity index (χ0) is 28.1. The van der Waals surface area contributed by atoms with E-state index in [-0.39, 0.29) is 12.5 Å². The lowest BCUT2D eigenvalue weighted by Gasteiger charge is -2.16. The minimum absolute atomic E-state index is 0.127. The highest BCUT2D eigenvalue weighted by Crippen LogP contribution is 2.39. The van der Waals surface area contributed by atoms with E-state index in [0.717, 1.165) is 22.4 Å².